The van der Waals surface area contributed by atoms with E-state index < -0.39 is 0 Å². The van der Waals surface area contributed by atoms with Crippen molar-refractivity contribution in [3.63, 3.8) is 0 Å². The van der Waals surface area contributed by atoms with Crippen LogP contribution in [0.25, 0.3) is 0 Å². The molecule has 21 heavy (non-hydrogen) atoms. The van der Waals surface area contributed by atoms with Crippen LogP contribution in [0.2, 0.25) is 0 Å². The normalized spacial score (nSPS) is 14.4. The van der Waals surface area contributed by atoms with E-state index in [-0.39, 0.29) is 0 Å². The minimum atomic E-state index is 0.601. The number of benzene rings is 1. The Hall–Kier alpha value is -2.20. The van der Waals surface area contributed by atoms with Crippen LogP contribution in [-0.2, 0) is 18.0 Å². The van der Waals surface area contributed by atoms with Gasteiger partial charge >= 0.3 is 0 Å². The molecule has 1 N–H and O–H groups in total. The summed E-state index contributed by atoms with van der Waals surface area (Å²) in [5.74, 6) is 0.997. The van der Waals surface area contributed by atoms with E-state index in [9.17, 15) is 0 Å². The standard InChI is InChI=1S/C17H19N3O/c1-3-15(13-21-12-14-5-9-18-10-6-14)11-16(4-1)17-19-7-2-8-20-17/h1,3-6,9-11H,2,7-8,12-13H2,(H,19,20). The SMILES string of the molecule is c1cc(COCc2ccncc2)cc(C2=NCCCN2)c1. The molecule has 0 unspecified atom stereocenters. The summed E-state index contributed by atoms with van der Waals surface area (Å²) < 4.78 is 5.76. The van der Waals surface area contributed by atoms with Crippen LogP contribution in [0.4, 0.5) is 0 Å². The van der Waals surface area contributed by atoms with Crippen molar-refractivity contribution in [1.29, 1.82) is 0 Å². The Morgan fingerprint density at radius 3 is 2.71 bits per heavy atom. The zero-order valence-electron chi connectivity index (χ0n) is 12.0. The topological polar surface area (TPSA) is 46.5 Å². The lowest BCUT2D eigenvalue weighted by Gasteiger charge is -2.15. The maximum absolute atomic E-state index is 5.76. The molecule has 2 heterocycles. The molecule has 1 aromatic carbocycles. The highest BCUT2D eigenvalue weighted by Crippen LogP contribution is 2.10. The zero-order valence-corrected chi connectivity index (χ0v) is 12.0. The monoisotopic (exact) mass is 281 g/mol. The number of aliphatic imine (C=N–C) groups is 1. The third kappa shape index (κ3) is 3.89. The molecule has 0 saturated heterocycles. The summed E-state index contributed by atoms with van der Waals surface area (Å²) in [5, 5.41) is 3.35. The highest BCUT2D eigenvalue weighted by atomic mass is 16.5. The zero-order chi connectivity index (χ0) is 14.3. The number of hydrogen-bond donors (Lipinski definition) is 1. The third-order valence-electron chi connectivity index (χ3n) is 3.38. The fourth-order valence-electron chi connectivity index (χ4n) is 2.30. The minimum absolute atomic E-state index is 0.601. The molecule has 2 aromatic rings. The van der Waals surface area contributed by atoms with Gasteiger partial charge in [0.2, 0.25) is 0 Å². The molecule has 4 heteroatoms. The second-order valence-corrected chi connectivity index (χ2v) is 5.06. The molecule has 1 aliphatic heterocycles. The van der Waals surface area contributed by atoms with E-state index in [1.54, 1.807) is 12.4 Å². The Kier molecular flexibility index (Phi) is 4.59. The molecule has 4 nitrogen and oxygen atoms in total. The van der Waals surface area contributed by atoms with E-state index in [0.29, 0.717) is 13.2 Å². The second kappa shape index (κ2) is 6.99. The van der Waals surface area contributed by atoms with Gasteiger partial charge in [0.15, 0.2) is 0 Å². The van der Waals surface area contributed by atoms with Gasteiger partial charge in [-0.2, -0.15) is 0 Å². The van der Waals surface area contributed by atoms with Crippen molar-refractivity contribution >= 4 is 5.84 Å². The molecule has 0 saturated carbocycles. The molecule has 1 aliphatic rings. The van der Waals surface area contributed by atoms with Crippen molar-refractivity contribution < 1.29 is 4.74 Å². The largest absolute Gasteiger partial charge is 0.372 e. The molecule has 108 valence electrons. The molecule has 1 aromatic heterocycles. The molecule has 0 spiro atoms. The fraction of sp³-hybridized carbons (Fsp3) is 0.294. The van der Waals surface area contributed by atoms with Gasteiger partial charge in [0.05, 0.1) is 13.2 Å². The average Bonchev–Trinajstić information content (AvgIpc) is 2.57. The Morgan fingerprint density at radius 1 is 1.05 bits per heavy atom. The van der Waals surface area contributed by atoms with Gasteiger partial charge in [-0.3, -0.25) is 9.98 Å². The number of ether oxygens (including phenoxy) is 1. The smallest absolute Gasteiger partial charge is 0.128 e. The molecular weight excluding hydrogens is 262 g/mol. The average molecular weight is 281 g/mol. The number of rotatable bonds is 5. The van der Waals surface area contributed by atoms with Crippen molar-refractivity contribution in [2.45, 2.75) is 19.6 Å². The molecule has 0 radical (unpaired) electrons. The van der Waals surface area contributed by atoms with Crippen molar-refractivity contribution in [1.82, 2.24) is 10.3 Å². The third-order valence-corrected chi connectivity index (χ3v) is 3.38. The molecule has 0 bridgehead atoms. The Morgan fingerprint density at radius 2 is 1.90 bits per heavy atom. The number of aromatic nitrogens is 1. The maximum atomic E-state index is 5.76. The first kappa shape index (κ1) is 13.8. The summed E-state index contributed by atoms with van der Waals surface area (Å²) in [5.41, 5.74) is 3.44. The summed E-state index contributed by atoms with van der Waals surface area (Å²) in [6, 6.07) is 12.3. The van der Waals surface area contributed by atoms with E-state index in [1.165, 1.54) is 0 Å². The van der Waals surface area contributed by atoms with Crippen LogP contribution in [0.3, 0.4) is 0 Å². The first-order valence-corrected chi connectivity index (χ1v) is 7.26. The summed E-state index contributed by atoms with van der Waals surface area (Å²) in [7, 11) is 0. The van der Waals surface area contributed by atoms with Gasteiger partial charge in [0, 0.05) is 31.0 Å². The lowest BCUT2D eigenvalue weighted by atomic mass is 10.1. The number of hydrogen-bond acceptors (Lipinski definition) is 4. The highest BCUT2D eigenvalue weighted by Gasteiger charge is 2.07. The van der Waals surface area contributed by atoms with E-state index >= 15 is 0 Å². The number of nitrogens with one attached hydrogen (secondary N) is 1. The van der Waals surface area contributed by atoms with Crippen LogP contribution in [0.15, 0.2) is 53.8 Å². The van der Waals surface area contributed by atoms with E-state index in [1.807, 2.05) is 12.1 Å². The van der Waals surface area contributed by atoms with E-state index in [2.05, 4.69) is 39.6 Å². The first-order valence-electron chi connectivity index (χ1n) is 7.26. The van der Waals surface area contributed by atoms with Gasteiger partial charge < -0.3 is 10.1 Å². The minimum Gasteiger partial charge on any atom is -0.372 e. The van der Waals surface area contributed by atoms with Gasteiger partial charge in [-0.15, -0.1) is 0 Å². The van der Waals surface area contributed by atoms with Crippen molar-refractivity contribution in [2.75, 3.05) is 13.1 Å². The first-order chi connectivity index (χ1) is 10.4. The number of nitrogens with zero attached hydrogens (tertiary/aromatic N) is 2. The highest BCUT2D eigenvalue weighted by molar-refractivity contribution is 5.99. The van der Waals surface area contributed by atoms with Gasteiger partial charge in [0.25, 0.3) is 0 Å². The molecular formula is C17H19N3O. The van der Waals surface area contributed by atoms with E-state index in [0.717, 1.165) is 42.0 Å². The van der Waals surface area contributed by atoms with Crippen molar-refractivity contribution in [3.8, 4) is 0 Å². The predicted octanol–water partition coefficient (Wildman–Crippen LogP) is 2.54. The van der Waals surface area contributed by atoms with Crippen LogP contribution < -0.4 is 5.32 Å². The number of pyridine rings is 1. The Balaban J connectivity index is 1.60. The molecule has 0 fully saturated rings. The predicted molar refractivity (Wildman–Crippen MR) is 83.2 cm³/mol. The quantitative estimate of drug-likeness (QED) is 0.916. The van der Waals surface area contributed by atoms with Crippen LogP contribution >= 0.6 is 0 Å². The molecule has 0 aliphatic carbocycles. The van der Waals surface area contributed by atoms with Gasteiger partial charge in [-0.25, -0.2) is 0 Å². The summed E-state index contributed by atoms with van der Waals surface area (Å²) in [6.07, 6.45) is 4.68. The van der Waals surface area contributed by atoms with Crippen LogP contribution in [0, 0.1) is 0 Å². The molecule has 0 amide bonds. The van der Waals surface area contributed by atoms with Crippen molar-refractivity contribution in [3.05, 3.63) is 65.5 Å². The number of amidine groups is 1. The van der Waals surface area contributed by atoms with Gasteiger partial charge in [-0.05, 0) is 35.7 Å². The van der Waals surface area contributed by atoms with E-state index in [4.69, 9.17) is 4.74 Å². The Bertz CT molecular complexity index is 610. The fourth-order valence-corrected chi connectivity index (χ4v) is 2.30. The summed E-state index contributed by atoms with van der Waals surface area (Å²) in [6.45, 7) is 3.11. The van der Waals surface area contributed by atoms with Crippen molar-refractivity contribution in [2.24, 2.45) is 4.99 Å². The maximum Gasteiger partial charge on any atom is 0.128 e. The summed E-state index contributed by atoms with van der Waals surface area (Å²) >= 11 is 0. The molecule has 0 atom stereocenters. The van der Waals surface area contributed by atoms with Crippen LogP contribution in [-0.4, -0.2) is 23.9 Å². The summed E-state index contributed by atoms with van der Waals surface area (Å²) in [4.78, 5) is 8.53. The lowest BCUT2D eigenvalue weighted by molar-refractivity contribution is 0.107. The molecule has 3 rings (SSSR count). The second-order valence-electron chi connectivity index (χ2n) is 5.06. The van der Waals surface area contributed by atoms with Crippen LogP contribution in [0.5, 0.6) is 0 Å². The van der Waals surface area contributed by atoms with Gasteiger partial charge in [-0.1, -0.05) is 18.2 Å². The Labute approximate surface area is 124 Å². The van der Waals surface area contributed by atoms with Crippen LogP contribution in [0.1, 0.15) is 23.1 Å². The lowest BCUT2D eigenvalue weighted by Crippen LogP contribution is -2.30. The van der Waals surface area contributed by atoms with Gasteiger partial charge in [0.1, 0.15) is 5.84 Å².